The molecule has 23 heavy (non-hydrogen) atoms. The van der Waals surface area contributed by atoms with Crippen LogP contribution in [0.25, 0.3) is 10.8 Å². The van der Waals surface area contributed by atoms with Gasteiger partial charge in [0.2, 0.25) is 0 Å². The van der Waals surface area contributed by atoms with Gasteiger partial charge in [0, 0.05) is 6.04 Å². The van der Waals surface area contributed by atoms with Crippen molar-refractivity contribution in [3.8, 4) is 0 Å². The third kappa shape index (κ3) is 3.82. The Morgan fingerprint density at radius 3 is 2.61 bits per heavy atom. The van der Waals surface area contributed by atoms with Gasteiger partial charge in [0.15, 0.2) is 0 Å². The van der Waals surface area contributed by atoms with Crippen LogP contribution in [0.5, 0.6) is 0 Å². The van der Waals surface area contributed by atoms with E-state index in [4.69, 9.17) is 0 Å². The molecule has 2 aromatic carbocycles. The molecule has 0 spiro atoms. The Bertz CT molecular complexity index is 672. The van der Waals surface area contributed by atoms with Crippen LogP contribution >= 0.6 is 0 Å². The van der Waals surface area contributed by atoms with Crippen molar-refractivity contribution < 1.29 is 4.79 Å². The Morgan fingerprint density at radius 1 is 1.13 bits per heavy atom. The molecule has 4 heteroatoms. The molecule has 1 heterocycles. The first-order valence-corrected chi connectivity index (χ1v) is 8.37. The number of carbonyl (C=O) groups excluding carboxylic acids is 1. The molecule has 2 N–H and O–H groups in total. The molecule has 0 radical (unpaired) electrons. The van der Waals surface area contributed by atoms with E-state index in [9.17, 15) is 4.79 Å². The maximum atomic E-state index is 12.3. The topological polar surface area (TPSA) is 44.4 Å². The first-order chi connectivity index (χ1) is 11.1. The zero-order chi connectivity index (χ0) is 16.2. The van der Waals surface area contributed by atoms with Crippen molar-refractivity contribution >= 4 is 16.8 Å². The third-order valence-electron chi connectivity index (χ3n) is 4.69. The summed E-state index contributed by atoms with van der Waals surface area (Å²) < 4.78 is 0. The molecule has 3 rings (SSSR count). The highest BCUT2D eigenvalue weighted by molar-refractivity contribution is 5.86. The summed E-state index contributed by atoms with van der Waals surface area (Å²) in [6.07, 6.45) is 2.04. The van der Waals surface area contributed by atoms with E-state index in [0.29, 0.717) is 0 Å². The van der Waals surface area contributed by atoms with Crippen LogP contribution in [-0.4, -0.2) is 37.1 Å². The standard InChI is InChI=1S/C19H25N3O/c1-14(17-9-5-7-15-6-3-4-8-18(15)17)20-19(23)21-16-10-12-22(2)13-11-16/h3-9,14,16H,10-13H2,1-2H3,(H2,20,21,23)/t14-/m1/s1. The monoisotopic (exact) mass is 311 g/mol. The largest absolute Gasteiger partial charge is 0.335 e. The van der Waals surface area contributed by atoms with E-state index in [1.807, 2.05) is 25.1 Å². The summed E-state index contributed by atoms with van der Waals surface area (Å²) >= 11 is 0. The van der Waals surface area contributed by atoms with Gasteiger partial charge in [-0.3, -0.25) is 0 Å². The van der Waals surface area contributed by atoms with Crippen LogP contribution in [0.2, 0.25) is 0 Å². The van der Waals surface area contributed by atoms with Crippen LogP contribution < -0.4 is 10.6 Å². The summed E-state index contributed by atoms with van der Waals surface area (Å²) in [7, 11) is 2.12. The van der Waals surface area contributed by atoms with E-state index < -0.39 is 0 Å². The van der Waals surface area contributed by atoms with E-state index in [1.165, 1.54) is 10.8 Å². The lowest BCUT2D eigenvalue weighted by molar-refractivity contribution is 0.212. The van der Waals surface area contributed by atoms with Gasteiger partial charge in [0.25, 0.3) is 0 Å². The van der Waals surface area contributed by atoms with Gasteiger partial charge in [-0.1, -0.05) is 42.5 Å². The van der Waals surface area contributed by atoms with Crippen LogP contribution in [0.15, 0.2) is 42.5 Å². The number of carbonyl (C=O) groups is 1. The molecule has 1 aliphatic heterocycles. The van der Waals surface area contributed by atoms with Gasteiger partial charge in [0.1, 0.15) is 0 Å². The number of likely N-dealkylation sites (tertiary alicyclic amines) is 1. The number of nitrogens with one attached hydrogen (secondary N) is 2. The van der Waals surface area contributed by atoms with Crippen molar-refractivity contribution in [1.29, 1.82) is 0 Å². The smallest absolute Gasteiger partial charge is 0.315 e. The third-order valence-corrected chi connectivity index (χ3v) is 4.69. The SMILES string of the molecule is C[C@@H](NC(=O)NC1CCN(C)CC1)c1cccc2ccccc12. The Balaban J connectivity index is 1.64. The van der Waals surface area contributed by atoms with E-state index >= 15 is 0 Å². The highest BCUT2D eigenvalue weighted by Crippen LogP contribution is 2.24. The van der Waals surface area contributed by atoms with Crippen molar-refractivity contribution in [3.05, 3.63) is 48.0 Å². The highest BCUT2D eigenvalue weighted by Gasteiger charge is 2.19. The van der Waals surface area contributed by atoms with Crippen molar-refractivity contribution in [2.24, 2.45) is 0 Å². The quantitative estimate of drug-likeness (QED) is 0.913. The second-order valence-corrected chi connectivity index (χ2v) is 6.49. The maximum Gasteiger partial charge on any atom is 0.315 e. The summed E-state index contributed by atoms with van der Waals surface area (Å²) in [5.74, 6) is 0. The van der Waals surface area contributed by atoms with Crippen molar-refractivity contribution in [2.75, 3.05) is 20.1 Å². The van der Waals surface area contributed by atoms with E-state index in [1.54, 1.807) is 0 Å². The molecule has 1 atom stereocenters. The summed E-state index contributed by atoms with van der Waals surface area (Å²) in [5.41, 5.74) is 1.15. The molecule has 0 unspecified atom stereocenters. The molecule has 0 bridgehead atoms. The van der Waals surface area contributed by atoms with E-state index in [-0.39, 0.29) is 18.1 Å². The fraction of sp³-hybridized carbons (Fsp3) is 0.421. The lowest BCUT2D eigenvalue weighted by Crippen LogP contribution is -2.47. The second kappa shape index (κ2) is 7.01. The first-order valence-electron chi connectivity index (χ1n) is 8.37. The van der Waals surface area contributed by atoms with E-state index in [0.717, 1.165) is 31.5 Å². The Morgan fingerprint density at radius 2 is 1.83 bits per heavy atom. The number of rotatable bonds is 3. The number of hydrogen-bond donors (Lipinski definition) is 2. The van der Waals surface area contributed by atoms with E-state index in [2.05, 4.69) is 46.8 Å². The zero-order valence-electron chi connectivity index (χ0n) is 13.9. The predicted octanol–water partition coefficient (Wildman–Crippen LogP) is 3.29. The lowest BCUT2D eigenvalue weighted by Gasteiger charge is -2.30. The maximum absolute atomic E-state index is 12.3. The Kier molecular flexibility index (Phi) is 4.82. The first kappa shape index (κ1) is 15.8. The van der Waals surface area contributed by atoms with Crippen molar-refractivity contribution in [1.82, 2.24) is 15.5 Å². The minimum absolute atomic E-state index is 0.0210. The van der Waals surface area contributed by atoms with Gasteiger partial charge in [-0.2, -0.15) is 0 Å². The summed E-state index contributed by atoms with van der Waals surface area (Å²) in [4.78, 5) is 14.6. The van der Waals surface area contributed by atoms with Crippen LogP contribution in [0.4, 0.5) is 4.79 Å². The van der Waals surface area contributed by atoms with Gasteiger partial charge in [-0.05, 0) is 56.2 Å². The number of nitrogens with zero attached hydrogens (tertiary/aromatic N) is 1. The average Bonchev–Trinajstić information content (AvgIpc) is 2.56. The molecule has 122 valence electrons. The van der Waals surface area contributed by atoms with Gasteiger partial charge >= 0.3 is 6.03 Å². The molecule has 1 aliphatic rings. The summed E-state index contributed by atoms with van der Waals surface area (Å²) in [6.45, 7) is 4.13. The number of fused-ring (bicyclic) bond motifs is 1. The van der Waals surface area contributed by atoms with Gasteiger partial charge < -0.3 is 15.5 Å². The summed E-state index contributed by atoms with van der Waals surface area (Å²) in [6, 6.07) is 14.7. The number of benzene rings is 2. The number of amides is 2. The molecular weight excluding hydrogens is 286 g/mol. The molecule has 0 aromatic heterocycles. The molecule has 0 aliphatic carbocycles. The Hall–Kier alpha value is -2.07. The summed E-state index contributed by atoms with van der Waals surface area (Å²) in [5, 5.41) is 8.59. The van der Waals surface area contributed by atoms with Crippen molar-refractivity contribution in [2.45, 2.75) is 31.8 Å². The van der Waals surface area contributed by atoms with Crippen LogP contribution in [-0.2, 0) is 0 Å². The molecular formula is C19H25N3O. The molecule has 2 aromatic rings. The van der Waals surface area contributed by atoms with Gasteiger partial charge in [0.05, 0.1) is 6.04 Å². The zero-order valence-corrected chi connectivity index (χ0v) is 13.9. The fourth-order valence-corrected chi connectivity index (χ4v) is 3.28. The second-order valence-electron chi connectivity index (χ2n) is 6.49. The number of urea groups is 1. The Labute approximate surface area is 137 Å². The molecule has 0 saturated carbocycles. The average molecular weight is 311 g/mol. The molecule has 1 saturated heterocycles. The minimum atomic E-state index is -0.0695. The van der Waals surface area contributed by atoms with Crippen LogP contribution in [0, 0.1) is 0 Å². The van der Waals surface area contributed by atoms with Crippen molar-refractivity contribution in [3.63, 3.8) is 0 Å². The van der Waals surface area contributed by atoms with Gasteiger partial charge in [-0.25, -0.2) is 4.79 Å². The van der Waals surface area contributed by atoms with Crippen LogP contribution in [0.3, 0.4) is 0 Å². The molecule has 2 amide bonds. The number of piperidine rings is 1. The fourth-order valence-electron chi connectivity index (χ4n) is 3.28. The van der Waals surface area contributed by atoms with Crippen LogP contribution in [0.1, 0.15) is 31.4 Å². The molecule has 4 nitrogen and oxygen atoms in total. The highest BCUT2D eigenvalue weighted by atomic mass is 16.2. The molecule has 1 fully saturated rings. The van der Waals surface area contributed by atoms with Gasteiger partial charge in [-0.15, -0.1) is 0 Å². The minimum Gasteiger partial charge on any atom is -0.335 e. The normalized spacial score (nSPS) is 17.8. The number of hydrogen-bond acceptors (Lipinski definition) is 2. The predicted molar refractivity (Wildman–Crippen MR) is 94.5 cm³/mol. The lowest BCUT2D eigenvalue weighted by atomic mass is 10.00.